The maximum Gasteiger partial charge on any atom is 0.492 e. The van der Waals surface area contributed by atoms with E-state index in [1.54, 1.807) is 18.2 Å². The van der Waals surface area contributed by atoms with Crippen molar-refractivity contribution in [2.24, 2.45) is 0 Å². The Hall–Kier alpha value is -1.20. The fourth-order valence-electron chi connectivity index (χ4n) is 0.900. The van der Waals surface area contributed by atoms with E-state index < -0.39 is 7.12 Å². The Bertz CT molecular complexity index is 245. The Morgan fingerprint density at radius 1 is 1.09 bits per heavy atom. The molecule has 0 radical (unpaired) electrons. The van der Waals surface area contributed by atoms with Gasteiger partial charge < -0.3 is 21.5 Å². The van der Waals surface area contributed by atoms with Gasteiger partial charge in [0.25, 0.3) is 0 Å². The number of benzene rings is 1. The van der Waals surface area contributed by atoms with E-state index in [1.807, 2.05) is 0 Å². The van der Waals surface area contributed by atoms with E-state index in [2.05, 4.69) is 0 Å². The molecule has 6 N–H and O–H groups in total. The van der Waals surface area contributed by atoms with E-state index in [-0.39, 0.29) is 5.46 Å². The van der Waals surface area contributed by atoms with E-state index in [1.165, 1.54) is 0 Å². The lowest BCUT2D eigenvalue weighted by Crippen LogP contribution is -2.34. The number of nitrogen functional groups attached to an aromatic ring is 2. The number of hydrogen-bond acceptors (Lipinski definition) is 4. The topological polar surface area (TPSA) is 92.5 Å². The van der Waals surface area contributed by atoms with Crippen LogP contribution in [0.1, 0.15) is 0 Å². The molecule has 0 aromatic heterocycles. The van der Waals surface area contributed by atoms with Crippen LogP contribution in [0.4, 0.5) is 11.4 Å². The second kappa shape index (κ2) is 2.81. The third-order valence-corrected chi connectivity index (χ3v) is 1.43. The second-order valence-electron chi connectivity index (χ2n) is 2.22. The van der Waals surface area contributed by atoms with Crippen LogP contribution >= 0.6 is 0 Å². The highest BCUT2D eigenvalue weighted by atomic mass is 16.4. The molecule has 0 aliphatic carbocycles. The summed E-state index contributed by atoms with van der Waals surface area (Å²) in [4.78, 5) is 0. The van der Waals surface area contributed by atoms with Gasteiger partial charge in [0.2, 0.25) is 0 Å². The molecule has 1 aromatic carbocycles. The summed E-state index contributed by atoms with van der Waals surface area (Å²) in [6.45, 7) is 0. The molecule has 0 fully saturated rings. The highest BCUT2D eigenvalue weighted by Crippen LogP contribution is 2.05. The van der Waals surface area contributed by atoms with Gasteiger partial charge in [0.1, 0.15) is 0 Å². The molecule has 0 unspecified atom stereocenters. The van der Waals surface area contributed by atoms with Crippen molar-refractivity contribution in [3.63, 3.8) is 0 Å². The molecule has 0 bridgehead atoms. The minimum absolute atomic E-state index is 0.174. The van der Waals surface area contributed by atoms with Crippen molar-refractivity contribution in [2.75, 3.05) is 11.5 Å². The fraction of sp³-hybridized carbons (Fsp3) is 0. The minimum Gasteiger partial charge on any atom is -0.423 e. The summed E-state index contributed by atoms with van der Waals surface area (Å²) in [5.74, 6) is 0. The Balaban J connectivity index is 3.21. The lowest BCUT2D eigenvalue weighted by molar-refractivity contribution is 0.426. The second-order valence-corrected chi connectivity index (χ2v) is 2.22. The van der Waals surface area contributed by atoms with E-state index in [0.29, 0.717) is 11.4 Å². The van der Waals surface area contributed by atoms with E-state index in [9.17, 15) is 0 Å². The van der Waals surface area contributed by atoms with Gasteiger partial charge in [-0.2, -0.15) is 0 Å². The standard InChI is InChI=1S/C6H9BN2O2/c8-4-2-1-3-5(9)6(4)7(10)11/h1-3,10-11H,8-9H2. The maximum absolute atomic E-state index is 8.78. The molecule has 11 heavy (non-hydrogen) atoms. The van der Waals surface area contributed by atoms with Crippen molar-refractivity contribution < 1.29 is 10.0 Å². The predicted octanol–water partition coefficient (Wildman–Crippen LogP) is -1.47. The Labute approximate surface area is 64.6 Å². The molecule has 0 aliphatic heterocycles. The molecule has 0 saturated carbocycles. The van der Waals surface area contributed by atoms with Crippen LogP contribution in [0.5, 0.6) is 0 Å². The molecule has 0 heterocycles. The third kappa shape index (κ3) is 1.44. The van der Waals surface area contributed by atoms with Gasteiger partial charge in [0, 0.05) is 16.8 Å². The number of nitrogens with two attached hydrogens (primary N) is 2. The van der Waals surface area contributed by atoms with Gasteiger partial charge in [-0.25, -0.2) is 0 Å². The van der Waals surface area contributed by atoms with Gasteiger partial charge in [-0.15, -0.1) is 0 Å². The molecule has 0 saturated heterocycles. The van der Waals surface area contributed by atoms with Gasteiger partial charge in [0.15, 0.2) is 0 Å². The zero-order valence-corrected chi connectivity index (χ0v) is 5.86. The zero-order chi connectivity index (χ0) is 8.43. The molecule has 5 heteroatoms. The predicted molar refractivity (Wildman–Crippen MR) is 45.1 cm³/mol. The SMILES string of the molecule is Nc1cccc(N)c1B(O)O. The monoisotopic (exact) mass is 152 g/mol. The summed E-state index contributed by atoms with van der Waals surface area (Å²) in [5, 5.41) is 17.6. The van der Waals surface area contributed by atoms with Gasteiger partial charge in [0.05, 0.1) is 0 Å². The Kier molecular flexibility index (Phi) is 2.02. The van der Waals surface area contributed by atoms with Crippen LogP contribution in [-0.2, 0) is 0 Å². The highest BCUT2D eigenvalue weighted by Gasteiger charge is 2.16. The van der Waals surface area contributed by atoms with Crippen molar-refractivity contribution in [3.8, 4) is 0 Å². The number of anilines is 2. The van der Waals surface area contributed by atoms with Gasteiger partial charge in [-0.05, 0) is 12.1 Å². The van der Waals surface area contributed by atoms with Gasteiger partial charge in [-0.3, -0.25) is 0 Å². The normalized spacial score (nSPS) is 9.64. The fourth-order valence-corrected chi connectivity index (χ4v) is 0.900. The number of rotatable bonds is 1. The quantitative estimate of drug-likeness (QED) is 0.292. The average molecular weight is 152 g/mol. The minimum atomic E-state index is -1.60. The molecular formula is C6H9BN2O2. The first kappa shape index (κ1) is 7.91. The van der Waals surface area contributed by atoms with Crippen LogP contribution in [-0.4, -0.2) is 17.2 Å². The summed E-state index contributed by atoms with van der Waals surface area (Å²) < 4.78 is 0. The van der Waals surface area contributed by atoms with Crippen molar-refractivity contribution in [2.45, 2.75) is 0 Å². The van der Waals surface area contributed by atoms with Crippen molar-refractivity contribution in [1.82, 2.24) is 0 Å². The van der Waals surface area contributed by atoms with Gasteiger partial charge >= 0.3 is 7.12 Å². The van der Waals surface area contributed by atoms with Crippen LogP contribution in [0, 0.1) is 0 Å². The first-order chi connectivity index (χ1) is 5.13. The lowest BCUT2D eigenvalue weighted by Gasteiger charge is -2.06. The van der Waals surface area contributed by atoms with Crippen molar-refractivity contribution in [1.29, 1.82) is 0 Å². The van der Waals surface area contributed by atoms with Crippen LogP contribution in [0.3, 0.4) is 0 Å². The summed E-state index contributed by atoms with van der Waals surface area (Å²) in [5.41, 5.74) is 11.6. The molecule has 4 nitrogen and oxygen atoms in total. The van der Waals surface area contributed by atoms with Crippen LogP contribution in [0.2, 0.25) is 0 Å². The molecule has 0 atom stereocenters. The molecule has 1 aromatic rings. The molecule has 1 rings (SSSR count). The molecule has 0 amide bonds. The van der Waals surface area contributed by atoms with Crippen LogP contribution in [0.25, 0.3) is 0 Å². The van der Waals surface area contributed by atoms with Crippen LogP contribution < -0.4 is 16.9 Å². The summed E-state index contributed by atoms with van der Waals surface area (Å²) >= 11 is 0. The molecule has 0 spiro atoms. The lowest BCUT2D eigenvalue weighted by atomic mass is 9.78. The third-order valence-electron chi connectivity index (χ3n) is 1.43. The van der Waals surface area contributed by atoms with Crippen molar-refractivity contribution in [3.05, 3.63) is 18.2 Å². The Morgan fingerprint density at radius 3 is 1.82 bits per heavy atom. The number of hydrogen-bond donors (Lipinski definition) is 4. The first-order valence-corrected chi connectivity index (χ1v) is 3.13. The summed E-state index contributed by atoms with van der Waals surface area (Å²) in [6, 6.07) is 4.77. The van der Waals surface area contributed by atoms with Gasteiger partial charge in [-0.1, -0.05) is 6.07 Å². The molecule has 58 valence electrons. The van der Waals surface area contributed by atoms with E-state index >= 15 is 0 Å². The summed E-state index contributed by atoms with van der Waals surface area (Å²) in [6.07, 6.45) is 0. The molecule has 0 aliphatic rings. The Morgan fingerprint density at radius 2 is 1.55 bits per heavy atom. The van der Waals surface area contributed by atoms with E-state index in [0.717, 1.165) is 0 Å². The van der Waals surface area contributed by atoms with Crippen molar-refractivity contribution >= 4 is 24.0 Å². The zero-order valence-electron chi connectivity index (χ0n) is 5.86. The van der Waals surface area contributed by atoms with Crippen LogP contribution in [0.15, 0.2) is 18.2 Å². The highest BCUT2D eigenvalue weighted by molar-refractivity contribution is 6.62. The smallest absolute Gasteiger partial charge is 0.423 e. The largest absolute Gasteiger partial charge is 0.492 e. The first-order valence-electron chi connectivity index (χ1n) is 3.13. The maximum atomic E-state index is 8.78. The summed E-state index contributed by atoms with van der Waals surface area (Å²) in [7, 11) is -1.60. The van der Waals surface area contributed by atoms with E-state index in [4.69, 9.17) is 21.5 Å². The molecular weight excluding hydrogens is 143 g/mol. The average Bonchev–Trinajstić information content (AvgIpc) is 1.85.